The first-order chi connectivity index (χ1) is 9.97. The minimum atomic E-state index is -0.239. The quantitative estimate of drug-likeness (QED) is 0.549. The first-order valence-corrected chi connectivity index (χ1v) is 7.97. The summed E-state index contributed by atoms with van der Waals surface area (Å²) in [5.41, 5.74) is 2.35. The summed E-state index contributed by atoms with van der Waals surface area (Å²) in [6.07, 6.45) is 0. The molecule has 0 aliphatic rings. The fourth-order valence-electron chi connectivity index (χ4n) is 1.70. The molecule has 2 rings (SSSR count). The molecule has 0 saturated carbocycles. The van der Waals surface area contributed by atoms with Crippen molar-refractivity contribution in [3.8, 4) is 0 Å². The summed E-state index contributed by atoms with van der Waals surface area (Å²) in [5.74, 6) is -0.239. The van der Waals surface area contributed by atoms with Crippen molar-refractivity contribution in [1.82, 2.24) is 5.32 Å². The first kappa shape index (κ1) is 16.2. The molecule has 0 fully saturated rings. The molecular weight excluding hydrogens is 419 g/mol. The number of rotatable bonds is 2. The van der Waals surface area contributed by atoms with Crippen molar-refractivity contribution in [3.63, 3.8) is 0 Å². The van der Waals surface area contributed by atoms with Gasteiger partial charge < -0.3 is 5.32 Å². The van der Waals surface area contributed by atoms with Crippen LogP contribution < -0.4 is 10.6 Å². The van der Waals surface area contributed by atoms with Gasteiger partial charge in [-0.3, -0.25) is 10.1 Å². The molecular formula is C15H12ClIN2OS. The Morgan fingerprint density at radius 1 is 1.24 bits per heavy atom. The van der Waals surface area contributed by atoms with Gasteiger partial charge in [0.1, 0.15) is 0 Å². The summed E-state index contributed by atoms with van der Waals surface area (Å²) in [6.45, 7) is 1.93. The monoisotopic (exact) mass is 430 g/mol. The van der Waals surface area contributed by atoms with Crippen LogP contribution in [0.5, 0.6) is 0 Å². The van der Waals surface area contributed by atoms with Gasteiger partial charge in [0.25, 0.3) is 5.91 Å². The van der Waals surface area contributed by atoms with E-state index < -0.39 is 0 Å². The van der Waals surface area contributed by atoms with Gasteiger partial charge in [-0.05, 0) is 71.6 Å². The predicted octanol–water partition coefficient (Wildman–Crippen LogP) is 4.38. The second-order valence-corrected chi connectivity index (χ2v) is 6.35. The maximum Gasteiger partial charge on any atom is 0.258 e. The van der Waals surface area contributed by atoms with Crippen LogP contribution in [0.2, 0.25) is 5.02 Å². The Balaban J connectivity index is 2.07. The molecule has 2 aromatic rings. The number of hydrogen-bond donors (Lipinski definition) is 2. The predicted molar refractivity (Wildman–Crippen MR) is 99.0 cm³/mol. The van der Waals surface area contributed by atoms with Crippen LogP contribution in [-0.4, -0.2) is 11.0 Å². The van der Waals surface area contributed by atoms with E-state index in [4.69, 9.17) is 23.8 Å². The van der Waals surface area contributed by atoms with E-state index in [0.29, 0.717) is 10.6 Å². The summed E-state index contributed by atoms with van der Waals surface area (Å²) >= 11 is 13.2. The smallest absolute Gasteiger partial charge is 0.258 e. The Morgan fingerprint density at radius 3 is 2.67 bits per heavy atom. The summed E-state index contributed by atoms with van der Waals surface area (Å²) in [7, 11) is 0. The van der Waals surface area contributed by atoms with Crippen LogP contribution in [-0.2, 0) is 0 Å². The highest BCUT2D eigenvalue weighted by molar-refractivity contribution is 14.1. The second-order valence-electron chi connectivity index (χ2n) is 4.35. The highest BCUT2D eigenvalue weighted by Crippen LogP contribution is 2.20. The molecule has 2 aromatic carbocycles. The van der Waals surface area contributed by atoms with E-state index in [1.165, 1.54) is 0 Å². The van der Waals surface area contributed by atoms with Crippen molar-refractivity contribution in [2.24, 2.45) is 0 Å². The third-order valence-corrected chi connectivity index (χ3v) is 4.17. The molecule has 0 aromatic heterocycles. The number of aryl methyl sites for hydroxylation is 1. The zero-order valence-electron chi connectivity index (χ0n) is 11.1. The Hall–Kier alpha value is -1.18. The topological polar surface area (TPSA) is 41.1 Å². The maximum atomic E-state index is 12.1. The highest BCUT2D eigenvalue weighted by atomic mass is 127. The normalized spacial score (nSPS) is 10.0. The third-order valence-electron chi connectivity index (χ3n) is 2.79. The van der Waals surface area contributed by atoms with Gasteiger partial charge in [-0.1, -0.05) is 29.8 Å². The number of amides is 1. The number of benzene rings is 2. The van der Waals surface area contributed by atoms with Gasteiger partial charge in [0.2, 0.25) is 0 Å². The van der Waals surface area contributed by atoms with Gasteiger partial charge in [0, 0.05) is 14.3 Å². The molecule has 0 heterocycles. The molecule has 0 spiro atoms. The Bertz CT molecular complexity index is 706. The first-order valence-electron chi connectivity index (χ1n) is 6.10. The lowest BCUT2D eigenvalue weighted by atomic mass is 10.2. The van der Waals surface area contributed by atoms with Crippen LogP contribution >= 0.6 is 46.4 Å². The minimum Gasteiger partial charge on any atom is -0.332 e. The molecule has 0 aliphatic heterocycles. The molecule has 0 bridgehead atoms. The maximum absolute atomic E-state index is 12.1. The number of hydrogen-bond acceptors (Lipinski definition) is 2. The van der Waals surface area contributed by atoms with Gasteiger partial charge in [-0.15, -0.1) is 0 Å². The van der Waals surface area contributed by atoms with Crippen LogP contribution in [0.15, 0.2) is 42.5 Å². The van der Waals surface area contributed by atoms with Crippen molar-refractivity contribution >= 4 is 63.1 Å². The van der Waals surface area contributed by atoms with Crippen LogP contribution in [0.4, 0.5) is 5.69 Å². The van der Waals surface area contributed by atoms with Crippen molar-refractivity contribution in [2.45, 2.75) is 6.92 Å². The molecule has 6 heteroatoms. The summed E-state index contributed by atoms with van der Waals surface area (Å²) in [5, 5.41) is 6.50. The van der Waals surface area contributed by atoms with Crippen molar-refractivity contribution < 1.29 is 4.79 Å². The van der Waals surface area contributed by atoms with E-state index in [1.807, 2.05) is 31.2 Å². The molecule has 0 atom stereocenters. The SMILES string of the molecule is Cc1ccc(Cl)cc1NC(=S)NC(=O)c1ccccc1I. The lowest BCUT2D eigenvalue weighted by molar-refractivity contribution is 0.0977. The molecule has 21 heavy (non-hydrogen) atoms. The lowest BCUT2D eigenvalue weighted by Crippen LogP contribution is -2.34. The lowest BCUT2D eigenvalue weighted by Gasteiger charge is -2.12. The van der Waals surface area contributed by atoms with Gasteiger partial charge in [0.05, 0.1) is 5.56 Å². The van der Waals surface area contributed by atoms with Crippen LogP contribution in [0.25, 0.3) is 0 Å². The zero-order chi connectivity index (χ0) is 15.4. The average Bonchev–Trinajstić information content (AvgIpc) is 2.43. The van der Waals surface area contributed by atoms with E-state index in [9.17, 15) is 4.79 Å². The van der Waals surface area contributed by atoms with Crippen LogP contribution in [0, 0.1) is 10.5 Å². The van der Waals surface area contributed by atoms with Gasteiger partial charge >= 0.3 is 0 Å². The van der Waals surface area contributed by atoms with Crippen LogP contribution in [0.1, 0.15) is 15.9 Å². The Morgan fingerprint density at radius 2 is 1.95 bits per heavy atom. The Labute approximate surface area is 147 Å². The largest absolute Gasteiger partial charge is 0.332 e. The summed E-state index contributed by atoms with van der Waals surface area (Å²) < 4.78 is 0.870. The van der Waals surface area contributed by atoms with E-state index >= 15 is 0 Å². The summed E-state index contributed by atoms with van der Waals surface area (Å²) in [6, 6.07) is 12.8. The average molecular weight is 431 g/mol. The molecule has 108 valence electrons. The van der Waals surface area contributed by atoms with E-state index in [-0.39, 0.29) is 11.0 Å². The minimum absolute atomic E-state index is 0.239. The third kappa shape index (κ3) is 4.39. The molecule has 1 amide bonds. The Kier molecular flexibility index (Phi) is 5.55. The van der Waals surface area contributed by atoms with E-state index in [0.717, 1.165) is 14.8 Å². The molecule has 0 saturated heterocycles. The van der Waals surface area contributed by atoms with Gasteiger partial charge in [-0.2, -0.15) is 0 Å². The number of anilines is 1. The molecule has 2 N–H and O–H groups in total. The van der Waals surface area contributed by atoms with Gasteiger partial charge in [0.15, 0.2) is 5.11 Å². The molecule has 0 aliphatic carbocycles. The molecule has 0 unspecified atom stereocenters. The second kappa shape index (κ2) is 7.20. The number of nitrogens with one attached hydrogen (secondary N) is 2. The van der Waals surface area contributed by atoms with Crippen molar-refractivity contribution in [2.75, 3.05) is 5.32 Å². The number of carbonyl (C=O) groups is 1. The van der Waals surface area contributed by atoms with Crippen LogP contribution in [0.3, 0.4) is 0 Å². The van der Waals surface area contributed by atoms with Crippen molar-refractivity contribution in [1.29, 1.82) is 0 Å². The fourth-order valence-corrected chi connectivity index (χ4v) is 2.71. The van der Waals surface area contributed by atoms with E-state index in [1.54, 1.807) is 18.2 Å². The number of halogens is 2. The summed E-state index contributed by atoms with van der Waals surface area (Å²) in [4.78, 5) is 12.1. The number of carbonyl (C=O) groups excluding carboxylic acids is 1. The molecule has 3 nitrogen and oxygen atoms in total. The fraction of sp³-hybridized carbons (Fsp3) is 0.0667. The zero-order valence-corrected chi connectivity index (χ0v) is 14.8. The van der Waals surface area contributed by atoms with Crippen molar-refractivity contribution in [3.05, 3.63) is 62.2 Å². The van der Waals surface area contributed by atoms with E-state index in [2.05, 4.69) is 33.2 Å². The number of thiocarbonyl (C=S) groups is 1. The molecule has 0 radical (unpaired) electrons. The van der Waals surface area contributed by atoms with Gasteiger partial charge in [-0.25, -0.2) is 0 Å². The highest BCUT2D eigenvalue weighted by Gasteiger charge is 2.11. The standard InChI is InChI=1S/C15H12ClIN2OS/c1-9-6-7-10(16)8-13(9)18-15(21)19-14(20)11-4-2-3-5-12(11)17/h2-8H,1H3,(H2,18,19,20,21).